The van der Waals surface area contributed by atoms with Crippen molar-refractivity contribution >= 4 is 11.9 Å². The highest BCUT2D eigenvalue weighted by atomic mass is 16.5. The number of carbonyl (C=O) groups excluding carboxylic acids is 2. The van der Waals surface area contributed by atoms with Crippen LogP contribution in [0.5, 0.6) is 0 Å². The fraction of sp³-hybridized carbons (Fsp3) is 0.800. The van der Waals surface area contributed by atoms with Crippen molar-refractivity contribution in [1.82, 2.24) is 4.90 Å². The lowest BCUT2D eigenvalue weighted by atomic mass is 10.1. The van der Waals surface area contributed by atoms with E-state index in [4.69, 9.17) is 4.74 Å². The van der Waals surface area contributed by atoms with E-state index < -0.39 is 0 Å². The second-order valence-electron chi connectivity index (χ2n) is 3.52. The van der Waals surface area contributed by atoms with Crippen molar-refractivity contribution in [1.29, 1.82) is 0 Å². The maximum Gasteiger partial charge on any atom is 0.307 e. The Balaban J connectivity index is 2.43. The van der Waals surface area contributed by atoms with E-state index >= 15 is 0 Å². The van der Waals surface area contributed by atoms with Crippen LogP contribution in [0.1, 0.15) is 33.1 Å². The van der Waals surface area contributed by atoms with Gasteiger partial charge in [0.1, 0.15) is 0 Å². The van der Waals surface area contributed by atoms with Crippen molar-refractivity contribution in [2.45, 2.75) is 39.2 Å². The number of rotatable bonds is 3. The lowest BCUT2D eigenvalue weighted by Crippen LogP contribution is -2.35. The minimum absolute atomic E-state index is 0.0526. The zero-order valence-electron chi connectivity index (χ0n) is 8.78. The fourth-order valence-electron chi connectivity index (χ4n) is 1.87. The Morgan fingerprint density at radius 1 is 1.50 bits per heavy atom. The van der Waals surface area contributed by atoms with E-state index in [0.29, 0.717) is 13.0 Å². The van der Waals surface area contributed by atoms with Crippen molar-refractivity contribution in [2.75, 3.05) is 13.2 Å². The van der Waals surface area contributed by atoms with Crippen LogP contribution >= 0.6 is 0 Å². The molecule has 1 aliphatic heterocycles. The molecule has 4 nitrogen and oxygen atoms in total. The van der Waals surface area contributed by atoms with Crippen molar-refractivity contribution < 1.29 is 14.3 Å². The van der Waals surface area contributed by atoms with Crippen LogP contribution in [0.4, 0.5) is 0 Å². The zero-order valence-corrected chi connectivity index (χ0v) is 8.78. The van der Waals surface area contributed by atoms with Gasteiger partial charge in [-0.05, 0) is 19.8 Å². The molecule has 4 heteroatoms. The van der Waals surface area contributed by atoms with E-state index in [9.17, 15) is 9.59 Å². The Morgan fingerprint density at radius 2 is 2.21 bits per heavy atom. The Bertz CT molecular complexity index is 227. The van der Waals surface area contributed by atoms with Crippen LogP contribution in [0.25, 0.3) is 0 Å². The molecule has 0 bridgehead atoms. The Morgan fingerprint density at radius 3 is 2.79 bits per heavy atom. The molecule has 1 amide bonds. The van der Waals surface area contributed by atoms with Gasteiger partial charge < -0.3 is 9.64 Å². The van der Waals surface area contributed by atoms with Crippen LogP contribution in [0, 0.1) is 0 Å². The number of nitrogens with zero attached hydrogens (tertiary/aromatic N) is 1. The first kappa shape index (κ1) is 11.0. The van der Waals surface area contributed by atoms with Crippen LogP contribution < -0.4 is 0 Å². The number of ether oxygens (including phenoxy) is 1. The number of carbonyl (C=O) groups is 2. The van der Waals surface area contributed by atoms with Crippen LogP contribution in [0.3, 0.4) is 0 Å². The van der Waals surface area contributed by atoms with E-state index in [2.05, 4.69) is 0 Å². The van der Waals surface area contributed by atoms with Crippen molar-refractivity contribution in [3.05, 3.63) is 0 Å². The van der Waals surface area contributed by atoms with Gasteiger partial charge in [-0.1, -0.05) is 0 Å². The summed E-state index contributed by atoms with van der Waals surface area (Å²) in [5, 5.41) is 0. The molecule has 1 aliphatic rings. The highest BCUT2D eigenvalue weighted by molar-refractivity contribution is 5.76. The van der Waals surface area contributed by atoms with Gasteiger partial charge >= 0.3 is 5.97 Å². The van der Waals surface area contributed by atoms with Gasteiger partial charge in [-0.2, -0.15) is 0 Å². The standard InChI is InChI=1S/C10H17NO3/c1-3-14-10(13)7-9-5-4-6-11(9)8(2)12/h9H,3-7H2,1-2H3. The summed E-state index contributed by atoms with van der Waals surface area (Å²) in [4.78, 5) is 24.1. The molecule has 0 aromatic rings. The molecule has 0 radical (unpaired) electrons. The van der Waals surface area contributed by atoms with Crippen molar-refractivity contribution in [3.8, 4) is 0 Å². The molecular weight excluding hydrogens is 182 g/mol. The van der Waals surface area contributed by atoms with Gasteiger partial charge in [0.05, 0.1) is 13.0 Å². The van der Waals surface area contributed by atoms with Crippen LogP contribution in [0.15, 0.2) is 0 Å². The maximum atomic E-state index is 11.2. The van der Waals surface area contributed by atoms with E-state index in [1.807, 2.05) is 0 Å². The van der Waals surface area contributed by atoms with Gasteiger partial charge in [-0.15, -0.1) is 0 Å². The summed E-state index contributed by atoms with van der Waals surface area (Å²) >= 11 is 0. The molecule has 0 aromatic heterocycles. The molecule has 80 valence electrons. The molecule has 0 aromatic carbocycles. The van der Waals surface area contributed by atoms with E-state index in [-0.39, 0.29) is 17.9 Å². The number of hydrogen-bond donors (Lipinski definition) is 0. The third-order valence-corrected chi connectivity index (χ3v) is 2.49. The number of esters is 1. The first-order valence-corrected chi connectivity index (χ1v) is 5.08. The summed E-state index contributed by atoms with van der Waals surface area (Å²) in [7, 11) is 0. The molecule has 0 N–H and O–H groups in total. The molecule has 1 unspecified atom stereocenters. The molecule has 1 heterocycles. The Labute approximate surface area is 84.2 Å². The molecule has 1 fully saturated rings. The van der Waals surface area contributed by atoms with E-state index in [1.165, 1.54) is 0 Å². The molecule has 1 atom stereocenters. The summed E-state index contributed by atoms with van der Waals surface area (Å²) in [6, 6.07) is 0.0616. The zero-order chi connectivity index (χ0) is 10.6. The van der Waals surface area contributed by atoms with Crippen LogP contribution in [0.2, 0.25) is 0 Å². The second kappa shape index (κ2) is 4.98. The predicted octanol–water partition coefficient (Wildman–Crippen LogP) is 0.951. The van der Waals surface area contributed by atoms with Crippen molar-refractivity contribution in [2.24, 2.45) is 0 Å². The number of amides is 1. The van der Waals surface area contributed by atoms with Gasteiger partial charge in [0.15, 0.2) is 0 Å². The molecular formula is C10H17NO3. The van der Waals surface area contributed by atoms with Gasteiger partial charge in [0, 0.05) is 19.5 Å². The van der Waals surface area contributed by atoms with Crippen molar-refractivity contribution in [3.63, 3.8) is 0 Å². The highest BCUT2D eigenvalue weighted by Crippen LogP contribution is 2.20. The highest BCUT2D eigenvalue weighted by Gasteiger charge is 2.28. The summed E-state index contributed by atoms with van der Waals surface area (Å²) in [5.74, 6) is -0.151. The smallest absolute Gasteiger partial charge is 0.307 e. The monoisotopic (exact) mass is 199 g/mol. The predicted molar refractivity (Wildman–Crippen MR) is 51.7 cm³/mol. The SMILES string of the molecule is CCOC(=O)CC1CCCN1C(C)=O. The fourth-order valence-corrected chi connectivity index (χ4v) is 1.87. The van der Waals surface area contributed by atoms with Gasteiger partial charge in [-0.3, -0.25) is 9.59 Å². The Kier molecular flexibility index (Phi) is 3.92. The first-order valence-electron chi connectivity index (χ1n) is 5.08. The maximum absolute atomic E-state index is 11.2. The van der Waals surface area contributed by atoms with Gasteiger partial charge in [-0.25, -0.2) is 0 Å². The van der Waals surface area contributed by atoms with Crippen LogP contribution in [-0.2, 0) is 14.3 Å². The number of hydrogen-bond acceptors (Lipinski definition) is 3. The van der Waals surface area contributed by atoms with Gasteiger partial charge in [0.25, 0.3) is 0 Å². The third-order valence-electron chi connectivity index (χ3n) is 2.49. The third kappa shape index (κ3) is 2.72. The number of likely N-dealkylation sites (tertiary alicyclic amines) is 1. The molecule has 1 rings (SSSR count). The summed E-state index contributed by atoms with van der Waals surface area (Å²) in [6.07, 6.45) is 2.25. The first-order chi connectivity index (χ1) is 6.65. The average Bonchev–Trinajstić information content (AvgIpc) is 2.52. The van der Waals surface area contributed by atoms with Gasteiger partial charge in [0.2, 0.25) is 5.91 Å². The average molecular weight is 199 g/mol. The lowest BCUT2D eigenvalue weighted by Gasteiger charge is -2.22. The second-order valence-corrected chi connectivity index (χ2v) is 3.52. The quantitative estimate of drug-likeness (QED) is 0.636. The largest absolute Gasteiger partial charge is 0.466 e. The molecule has 0 saturated carbocycles. The molecule has 0 spiro atoms. The van der Waals surface area contributed by atoms with E-state index in [0.717, 1.165) is 19.4 Å². The molecule has 0 aliphatic carbocycles. The van der Waals surface area contributed by atoms with E-state index in [1.54, 1.807) is 18.7 Å². The minimum Gasteiger partial charge on any atom is -0.466 e. The summed E-state index contributed by atoms with van der Waals surface area (Å²) in [6.45, 7) is 4.52. The van der Waals surface area contributed by atoms with Crippen LogP contribution in [-0.4, -0.2) is 36.0 Å². The Hall–Kier alpha value is -1.06. The molecule has 1 saturated heterocycles. The summed E-state index contributed by atoms with van der Waals surface area (Å²) < 4.78 is 4.85. The normalized spacial score (nSPS) is 21.0. The lowest BCUT2D eigenvalue weighted by molar-refractivity contribution is -0.145. The summed E-state index contributed by atoms with van der Waals surface area (Å²) in [5.41, 5.74) is 0. The minimum atomic E-state index is -0.203. The molecule has 14 heavy (non-hydrogen) atoms. The topological polar surface area (TPSA) is 46.6 Å².